The van der Waals surface area contributed by atoms with Crippen LogP contribution in [-0.2, 0) is 28.1 Å². The van der Waals surface area contributed by atoms with Gasteiger partial charge in [0.1, 0.15) is 0 Å². The van der Waals surface area contributed by atoms with E-state index in [-0.39, 0.29) is 21.1 Å². The Bertz CT molecular complexity index is 2210. The Labute approximate surface area is 258 Å². The molecule has 0 N–H and O–H groups in total. The number of para-hydroxylation sites is 3. The van der Waals surface area contributed by atoms with Crippen molar-refractivity contribution in [2.75, 3.05) is 0 Å². The summed E-state index contributed by atoms with van der Waals surface area (Å²) in [4.78, 5) is 9.66. The fraction of sp³-hybridized carbons (Fsp3) is 0.0270. The summed E-state index contributed by atoms with van der Waals surface area (Å²) in [5.74, 6) is 0.891. The van der Waals surface area contributed by atoms with Gasteiger partial charge in [-0.3, -0.25) is 4.98 Å². The summed E-state index contributed by atoms with van der Waals surface area (Å²) >= 11 is 0. The molecule has 0 spiro atoms. The smallest absolute Gasteiger partial charge is 0.367 e. The number of pyridine rings is 1. The van der Waals surface area contributed by atoms with E-state index >= 15 is 0 Å². The molecule has 0 atom stereocenters. The number of nitrogens with zero attached hydrogens (tertiary/aromatic N) is 4. The molecule has 3 heterocycles. The van der Waals surface area contributed by atoms with E-state index in [1.165, 1.54) is 5.39 Å². The van der Waals surface area contributed by atoms with Crippen molar-refractivity contribution >= 4 is 32.8 Å². The molecular formula is C37H24N4Pt. The Hall–Kier alpha value is -4.79. The number of hydrogen-bond donors (Lipinski definition) is 0. The summed E-state index contributed by atoms with van der Waals surface area (Å²) in [7, 11) is 2.06. The largest absolute Gasteiger partial charge is 2.00 e. The monoisotopic (exact) mass is 719 g/mol. The van der Waals surface area contributed by atoms with Crippen LogP contribution in [0.3, 0.4) is 0 Å². The minimum absolute atomic E-state index is 0. The topological polar surface area (TPSA) is 35.6 Å². The zero-order valence-corrected chi connectivity index (χ0v) is 25.0. The molecule has 0 bridgehead atoms. The summed E-state index contributed by atoms with van der Waals surface area (Å²) in [6.45, 7) is 0. The van der Waals surface area contributed by atoms with E-state index in [0.717, 1.165) is 66.9 Å². The molecule has 4 nitrogen and oxygen atoms in total. The van der Waals surface area contributed by atoms with Gasteiger partial charge in [-0.1, -0.05) is 89.3 Å². The maximum atomic E-state index is 4.95. The van der Waals surface area contributed by atoms with Crippen LogP contribution in [0.15, 0.2) is 128 Å². The second-order valence-electron chi connectivity index (χ2n) is 10.2. The molecule has 0 aliphatic heterocycles. The van der Waals surface area contributed by atoms with E-state index in [0.29, 0.717) is 0 Å². The number of benzene rings is 5. The van der Waals surface area contributed by atoms with E-state index in [1.807, 2.05) is 42.6 Å². The van der Waals surface area contributed by atoms with Gasteiger partial charge in [-0.2, -0.15) is 0 Å². The molecule has 0 saturated carbocycles. The normalized spacial score (nSPS) is 11.3. The SMILES string of the molecule is Cn1c(-c2[c-]c3c(cc2)c2ccccc2n3-c2[c-]c(-c3ccccn3)c(-c3ccccc3)cc2)nc2ccccc21.[Pt+2]. The van der Waals surface area contributed by atoms with Crippen LogP contribution < -0.4 is 0 Å². The molecule has 42 heavy (non-hydrogen) atoms. The molecule has 3 aromatic heterocycles. The second-order valence-corrected chi connectivity index (χ2v) is 10.2. The van der Waals surface area contributed by atoms with Crippen molar-refractivity contribution in [2.45, 2.75) is 0 Å². The van der Waals surface area contributed by atoms with Crippen LogP contribution in [0.2, 0.25) is 0 Å². The number of fused-ring (bicyclic) bond motifs is 4. The standard InChI is InChI=1S/C37H24N4.Pt/c1-40-35-17-8-6-15-33(35)39-37(40)26-18-20-30-29-13-5-7-16-34(29)41(36(30)23-26)27-19-21-28(25-11-3-2-4-12-25)31(24-27)32-14-9-10-22-38-32;/h2-22H,1H3;/q-2;+2. The van der Waals surface area contributed by atoms with Crippen molar-refractivity contribution in [3.63, 3.8) is 0 Å². The summed E-state index contributed by atoms with van der Waals surface area (Å²) in [6.07, 6.45) is 1.84. The number of aromatic nitrogens is 4. The summed E-state index contributed by atoms with van der Waals surface area (Å²) in [6, 6.07) is 49.4. The molecule has 0 radical (unpaired) electrons. The van der Waals surface area contributed by atoms with Crippen molar-refractivity contribution in [1.82, 2.24) is 19.1 Å². The predicted molar refractivity (Wildman–Crippen MR) is 167 cm³/mol. The Morgan fingerprint density at radius 1 is 0.643 bits per heavy atom. The van der Waals surface area contributed by atoms with E-state index in [1.54, 1.807) is 0 Å². The average molecular weight is 720 g/mol. The first-order valence-electron chi connectivity index (χ1n) is 13.7. The van der Waals surface area contributed by atoms with Gasteiger partial charge >= 0.3 is 21.1 Å². The quantitative estimate of drug-likeness (QED) is 0.171. The molecule has 0 fully saturated rings. The van der Waals surface area contributed by atoms with Crippen LogP contribution in [0.1, 0.15) is 0 Å². The third-order valence-electron chi connectivity index (χ3n) is 7.79. The Morgan fingerprint density at radius 2 is 1.40 bits per heavy atom. The van der Waals surface area contributed by atoms with Gasteiger partial charge in [0.2, 0.25) is 0 Å². The van der Waals surface area contributed by atoms with Gasteiger partial charge in [0, 0.05) is 18.8 Å². The van der Waals surface area contributed by atoms with Crippen molar-refractivity contribution < 1.29 is 21.1 Å². The van der Waals surface area contributed by atoms with Crippen molar-refractivity contribution in [1.29, 1.82) is 0 Å². The van der Waals surface area contributed by atoms with Gasteiger partial charge in [0.25, 0.3) is 0 Å². The van der Waals surface area contributed by atoms with Crippen molar-refractivity contribution in [3.05, 3.63) is 140 Å². The van der Waals surface area contributed by atoms with Gasteiger partial charge in [0.05, 0.1) is 16.9 Å². The molecule has 5 aromatic carbocycles. The third kappa shape index (κ3) is 4.19. The summed E-state index contributed by atoms with van der Waals surface area (Å²) in [5.41, 5.74) is 10.1. The Kier molecular flexibility index (Phi) is 6.57. The van der Waals surface area contributed by atoms with Crippen molar-refractivity contribution in [3.8, 4) is 39.5 Å². The molecule has 0 aliphatic rings. The fourth-order valence-corrected chi connectivity index (χ4v) is 5.84. The van der Waals surface area contributed by atoms with E-state index < -0.39 is 0 Å². The summed E-state index contributed by atoms with van der Waals surface area (Å²) < 4.78 is 4.40. The van der Waals surface area contributed by atoms with Crippen LogP contribution in [0.5, 0.6) is 0 Å². The van der Waals surface area contributed by atoms with Crippen LogP contribution in [0, 0.1) is 12.1 Å². The molecule has 5 heteroatoms. The molecule has 8 aromatic rings. The molecule has 0 aliphatic carbocycles. The predicted octanol–water partition coefficient (Wildman–Crippen LogP) is 8.66. The van der Waals surface area contributed by atoms with Crippen LogP contribution in [0.4, 0.5) is 0 Å². The summed E-state index contributed by atoms with van der Waals surface area (Å²) in [5, 5.41) is 2.32. The van der Waals surface area contributed by atoms with Gasteiger partial charge < -0.3 is 14.1 Å². The number of aryl methyl sites for hydroxylation is 1. The molecule has 202 valence electrons. The number of rotatable bonds is 4. The van der Waals surface area contributed by atoms with Gasteiger partial charge in [-0.25, -0.2) is 0 Å². The molecule has 0 amide bonds. The maximum absolute atomic E-state index is 4.95. The first-order chi connectivity index (χ1) is 20.3. The maximum Gasteiger partial charge on any atom is 2.00 e. The second kappa shape index (κ2) is 10.6. The molecular weight excluding hydrogens is 696 g/mol. The minimum atomic E-state index is 0. The average Bonchev–Trinajstić information content (AvgIpc) is 3.56. The van der Waals surface area contributed by atoms with E-state index in [2.05, 4.69) is 113 Å². The van der Waals surface area contributed by atoms with Crippen molar-refractivity contribution in [2.24, 2.45) is 7.05 Å². The van der Waals surface area contributed by atoms with E-state index in [4.69, 9.17) is 9.97 Å². The zero-order valence-electron chi connectivity index (χ0n) is 22.7. The third-order valence-corrected chi connectivity index (χ3v) is 7.79. The number of imidazole rings is 1. The Balaban J connectivity index is 0.00000288. The minimum Gasteiger partial charge on any atom is -0.367 e. The van der Waals surface area contributed by atoms with Crippen LogP contribution in [0.25, 0.3) is 72.3 Å². The van der Waals surface area contributed by atoms with Crippen LogP contribution in [-0.4, -0.2) is 19.1 Å². The van der Waals surface area contributed by atoms with E-state index in [9.17, 15) is 0 Å². The Morgan fingerprint density at radius 3 is 2.21 bits per heavy atom. The van der Waals surface area contributed by atoms with Gasteiger partial charge in [0.15, 0.2) is 0 Å². The fourth-order valence-electron chi connectivity index (χ4n) is 5.84. The first kappa shape index (κ1) is 26.1. The molecule has 0 saturated heterocycles. The zero-order chi connectivity index (χ0) is 27.3. The first-order valence-corrected chi connectivity index (χ1v) is 13.7. The number of hydrogen-bond acceptors (Lipinski definition) is 2. The van der Waals surface area contributed by atoms with Gasteiger partial charge in [-0.05, 0) is 46.5 Å². The van der Waals surface area contributed by atoms with Gasteiger partial charge in [-0.15, -0.1) is 47.5 Å². The van der Waals surface area contributed by atoms with Crippen LogP contribution >= 0.6 is 0 Å². The molecule has 8 rings (SSSR count). The molecule has 0 unspecified atom stereocenters.